The topological polar surface area (TPSA) is 125 Å². The molecule has 17 heavy (non-hydrogen) atoms. The minimum absolute atomic E-state index is 0.227. The Morgan fingerprint density at radius 3 is 2.47 bits per heavy atom. The van der Waals surface area contributed by atoms with Gasteiger partial charge in [0.1, 0.15) is 0 Å². The van der Waals surface area contributed by atoms with Crippen molar-refractivity contribution in [3.05, 3.63) is 0 Å². The van der Waals surface area contributed by atoms with E-state index in [4.69, 9.17) is 10.8 Å². The van der Waals surface area contributed by atoms with Gasteiger partial charge in [0.25, 0.3) is 0 Å². The van der Waals surface area contributed by atoms with Crippen molar-refractivity contribution < 1.29 is 19.5 Å². The van der Waals surface area contributed by atoms with E-state index in [1.807, 2.05) is 0 Å². The smallest absolute Gasteiger partial charge is 0.317 e. The van der Waals surface area contributed by atoms with Crippen LogP contribution in [0, 0.1) is 5.92 Å². The lowest BCUT2D eigenvalue weighted by Crippen LogP contribution is -2.43. The van der Waals surface area contributed by atoms with E-state index >= 15 is 0 Å². The molecule has 1 saturated heterocycles. The Morgan fingerprint density at radius 1 is 1.29 bits per heavy atom. The molecule has 0 spiro atoms. The molecule has 4 amide bonds. The highest BCUT2D eigenvalue weighted by Crippen LogP contribution is 2.15. The highest BCUT2D eigenvalue weighted by Gasteiger charge is 2.30. The van der Waals surface area contributed by atoms with Crippen LogP contribution < -0.4 is 16.4 Å². The first-order chi connectivity index (χ1) is 8.00. The van der Waals surface area contributed by atoms with Crippen molar-refractivity contribution in [1.29, 1.82) is 0 Å². The summed E-state index contributed by atoms with van der Waals surface area (Å²) in [4.78, 5) is 34.0. The first-order valence-corrected chi connectivity index (χ1v) is 5.29. The number of nitrogens with one attached hydrogen (secondary N) is 2. The van der Waals surface area contributed by atoms with E-state index < -0.39 is 17.9 Å². The zero-order valence-electron chi connectivity index (χ0n) is 9.31. The second-order valence-electron chi connectivity index (χ2n) is 3.79. The van der Waals surface area contributed by atoms with Crippen molar-refractivity contribution >= 4 is 18.0 Å². The molecule has 5 N–H and O–H groups in total. The standard InChI is InChI=1S/C9H16N4O4/c10-8(16)11-2-3-12-9(17)13-4-1-6(5-13)7(14)15/h6H,1-5H2,(H,12,17)(H,14,15)(H3,10,11,16). The summed E-state index contributed by atoms with van der Waals surface area (Å²) < 4.78 is 0. The summed E-state index contributed by atoms with van der Waals surface area (Å²) in [6.07, 6.45) is 0.474. The van der Waals surface area contributed by atoms with E-state index in [1.54, 1.807) is 0 Å². The molecule has 8 heteroatoms. The molecular weight excluding hydrogens is 228 g/mol. The number of primary amides is 1. The number of carbonyl (C=O) groups is 3. The highest BCUT2D eigenvalue weighted by atomic mass is 16.4. The van der Waals surface area contributed by atoms with E-state index in [1.165, 1.54) is 4.90 Å². The summed E-state index contributed by atoms with van der Waals surface area (Å²) >= 11 is 0. The van der Waals surface area contributed by atoms with Gasteiger partial charge in [0, 0.05) is 26.2 Å². The van der Waals surface area contributed by atoms with Crippen molar-refractivity contribution in [2.45, 2.75) is 6.42 Å². The molecule has 96 valence electrons. The molecule has 0 radical (unpaired) electrons. The van der Waals surface area contributed by atoms with Crippen LogP contribution in [0.3, 0.4) is 0 Å². The van der Waals surface area contributed by atoms with Crippen molar-refractivity contribution in [2.24, 2.45) is 11.7 Å². The van der Waals surface area contributed by atoms with Crippen LogP contribution in [-0.4, -0.2) is 54.2 Å². The lowest BCUT2D eigenvalue weighted by Gasteiger charge is -2.16. The van der Waals surface area contributed by atoms with E-state index in [9.17, 15) is 14.4 Å². The second-order valence-corrected chi connectivity index (χ2v) is 3.79. The number of carboxylic acids is 1. The molecule has 1 atom stereocenters. The molecule has 0 aromatic carbocycles. The first kappa shape index (κ1) is 13.1. The number of carboxylic acid groups (broad SMARTS) is 1. The van der Waals surface area contributed by atoms with Gasteiger partial charge >= 0.3 is 18.0 Å². The molecule has 1 unspecified atom stereocenters. The molecule has 1 aliphatic rings. The third-order valence-electron chi connectivity index (χ3n) is 2.53. The fourth-order valence-electron chi connectivity index (χ4n) is 1.61. The van der Waals surface area contributed by atoms with Gasteiger partial charge < -0.3 is 26.4 Å². The van der Waals surface area contributed by atoms with Crippen molar-refractivity contribution in [1.82, 2.24) is 15.5 Å². The number of rotatable bonds is 4. The van der Waals surface area contributed by atoms with Crippen LogP contribution in [0.1, 0.15) is 6.42 Å². The summed E-state index contributed by atoms with van der Waals surface area (Å²) in [6.45, 7) is 1.17. The first-order valence-electron chi connectivity index (χ1n) is 5.29. The van der Waals surface area contributed by atoms with Gasteiger partial charge in [0.05, 0.1) is 5.92 Å². The average Bonchev–Trinajstić information content (AvgIpc) is 2.73. The zero-order valence-corrected chi connectivity index (χ0v) is 9.31. The third kappa shape index (κ3) is 4.17. The lowest BCUT2D eigenvalue weighted by atomic mass is 10.1. The second kappa shape index (κ2) is 5.92. The Balaban J connectivity index is 2.21. The minimum Gasteiger partial charge on any atom is -0.481 e. The largest absolute Gasteiger partial charge is 0.481 e. The quantitative estimate of drug-likeness (QED) is 0.462. The number of urea groups is 2. The molecule has 0 saturated carbocycles. The Kier molecular flexibility index (Phi) is 4.56. The molecule has 0 aromatic rings. The number of aliphatic carboxylic acids is 1. The van der Waals surface area contributed by atoms with Crippen molar-refractivity contribution in [3.63, 3.8) is 0 Å². The van der Waals surface area contributed by atoms with Gasteiger partial charge in [0.15, 0.2) is 0 Å². The summed E-state index contributed by atoms with van der Waals surface area (Å²) in [5, 5.41) is 13.7. The Labute approximate surface area is 98.1 Å². The SMILES string of the molecule is NC(=O)NCCNC(=O)N1CCC(C(=O)O)C1. The third-order valence-corrected chi connectivity index (χ3v) is 2.53. The van der Waals surface area contributed by atoms with E-state index in [0.29, 0.717) is 13.0 Å². The number of carbonyl (C=O) groups excluding carboxylic acids is 2. The van der Waals surface area contributed by atoms with Crippen LogP contribution in [0.15, 0.2) is 0 Å². The normalized spacial score (nSPS) is 18.8. The monoisotopic (exact) mass is 244 g/mol. The predicted molar refractivity (Wildman–Crippen MR) is 58.3 cm³/mol. The lowest BCUT2D eigenvalue weighted by molar-refractivity contribution is -0.141. The molecule has 1 fully saturated rings. The maximum Gasteiger partial charge on any atom is 0.317 e. The Morgan fingerprint density at radius 2 is 1.94 bits per heavy atom. The maximum absolute atomic E-state index is 11.5. The van der Waals surface area contributed by atoms with Crippen molar-refractivity contribution in [2.75, 3.05) is 26.2 Å². The van der Waals surface area contributed by atoms with Gasteiger partial charge in [-0.3, -0.25) is 4.79 Å². The summed E-state index contributed by atoms with van der Waals surface area (Å²) in [6, 6.07) is -0.966. The van der Waals surface area contributed by atoms with Crippen LogP contribution in [0.5, 0.6) is 0 Å². The van der Waals surface area contributed by atoms with Gasteiger partial charge in [-0.15, -0.1) is 0 Å². The molecule has 0 aliphatic carbocycles. The van der Waals surface area contributed by atoms with Crippen LogP contribution >= 0.6 is 0 Å². The van der Waals surface area contributed by atoms with Gasteiger partial charge in [-0.1, -0.05) is 0 Å². The molecular formula is C9H16N4O4. The Hall–Kier alpha value is -1.99. The fourth-order valence-corrected chi connectivity index (χ4v) is 1.61. The van der Waals surface area contributed by atoms with Gasteiger partial charge in [-0.05, 0) is 6.42 Å². The van der Waals surface area contributed by atoms with E-state index in [2.05, 4.69) is 10.6 Å². The van der Waals surface area contributed by atoms with Crippen LogP contribution in [0.2, 0.25) is 0 Å². The molecule has 8 nitrogen and oxygen atoms in total. The van der Waals surface area contributed by atoms with Crippen LogP contribution in [0.4, 0.5) is 9.59 Å². The maximum atomic E-state index is 11.5. The molecule has 0 bridgehead atoms. The molecule has 1 aliphatic heterocycles. The summed E-state index contributed by atoms with van der Waals surface area (Å²) in [5.41, 5.74) is 4.84. The van der Waals surface area contributed by atoms with Crippen LogP contribution in [0.25, 0.3) is 0 Å². The number of nitrogens with zero attached hydrogens (tertiary/aromatic N) is 1. The predicted octanol–water partition coefficient (Wildman–Crippen LogP) is -1.23. The van der Waals surface area contributed by atoms with Gasteiger partial charge in [0.2, 0.25) is 0 Å². The minimum atomic E-state index is -0.879. The number of nitrogens with two attached hydrogens (primary N) is 1. The highest BCUT2D eigenvalue weighted by molar-refractivity contribution is 5.77. The van der Waals surface area contributed by atoms with Gasteiger partial charge in [-0.2, -0.15) is 0 Å². The number of amides is 4. The van der Waals surface area contributed by atoms with Crippen molar-refractivity contribution in [3.8, 4) is 0 Å². The summed E-state index contributed by atoms with van der Waals surface area (Å²) in [5.74, 6) is -1.36. The molecule has 1 rings (SSSR count). The summed E-state index contributed by atoms with van der Waals surface area (Å²) in [7, 11) is 0. The fraction of sp³-hybridized carbons (Fsp3) is 0.667. The Bertz CT molecular complexity index is 320. The number of likely N-dealkylation sites (tertiary alicyclic amines) is 1. The average molecular weight is 244 g/mol. The van der Waals surface area contributed by atoms with E-state index in [-0.39, 0.29) is 25.7 Å². The number of hydrogen-bond acceptors (Lipinski definition) is 3. The van der Waals surface area contributed by atoms with Gasteiger partial charge in [-0.25, -0.2) is 9.59 Å². The number of hydrogen-bond donors (Lipinski definition) is 4. The van der Waals surface area contributed by atoms with Crippen LogP contribution in [-0.2, 0) is 4.79 Å². The molecule has 1 heterocycles. The molecule has 0 aromatic heterocycles. The zero-order chi connectivity index (χ0) is 12.8. The van der Waals surface area contributed by atoms with E-state index in [0.717, 1.165) is 0 Å².